The summed E-state index contributed by atoms with van der Waals surface area (Å²) in [5.41, 5.74) is 1.86. The van der Waals surface area contributed by atoms with Crippen LogP contribution in [0.5, 0.6) is 11.5 Å². The first-order valence-electron chi connectivity index (χ1n) is 8.97. The Bertz CT molecular complexity index is 703. The third-order valence-electron chi connectivity index (χ3n) is 3.95. The maximum absolute atomic E-state index is 12.4. The van der Waals surface area contributed by atoms with Gasteiger partial charge >= 0.3 is 0 Å². The van der Waals surface area contributed by atoms with Crippen molar-refractivity contribution < 1.29 is 14.3 Å². The topological polar surface area (TPSA) is 50.8 Å². The Morgan fingerprint density at radius 3 is 2.65 bits per heavy atom. The van der Waals surface area contributed by atoms with Crippen molar-refractivity contribution in [3.05, 3.63) is 54.1 Å². The van der Waals surface area contributed by atoms with Gasteiger partial charge in [0.25, 0.3) is 0 Å². The van der Waals surface area contributed by atoms with E-state index in [-0.39, 0.29) is 5.91 Å². The third-order valence-corrected chi connectivity index (χ3v) is 3.95. The van der Waals surface area contributed by atoms with Crippen molar-refractivity contribution in [1.29, 1.82) is 0 Å². The number of benzene rings is 2. The predicted octanol–water partition coefficient (Wildman–Crippen LogP) is 3.73. The van der Waals surface area contributed by atoms with E-state index in [9.17, 15) is 4.79 Å². The summed E-state index contributed by atoms with van der Waals surface area (Å²) in [5, 5.41) is 2.92. The number of hydrogen-bond donors (Lipinski definition) is 1. The Hall–Kier alpha value is -2.53. The molecule has 2 aromatic rings. The van der Waals surface area contributed by atoms with Gasteiger partial charge in [-0.25, -0.2) is 0 Å². The number of rotatable bonds is 10. The normalized spacial score (nSPS) is 10.6. The molecular formula is C21H28N2O3. The number of para-hydroxylation sites is 2. The van der Waals surface area contributed by atoms with E-state index in [2.05, 4.69) is 17.1 Å². The van der Waals surface area contributed by atoms with Crippen molar-refractivity contribution in [1.82, 2.24) is 4.90 Å². The van der Waals surface area contributed by atoms with Crippen LogP contribution in [-0.2, 0) is 4.79 Å². The van der Waals surface area contributed by atoms with Crippen LogP contribution in [0.15, 0.2) is 48.5 Å². The number of nitrogens with zero attached hydrogens (tertiary/aromatic N) is 1. The van der Waals surface area contributed by atoms with Gasteiger partial charge in [0, 0.05) is 6.54 Å². The van der Waals surface area contributed by atoms with Crippen molar-refractivity contribution in [3.8, 4) is 11.5 Å². The molecule has 0 spiro atoms. The van der Waals surface area contributed by atoms with E-state index in [0.29, 0.717) is 31.1 Å². The average Bonchev–Trinajstić information content (AvgIpc) is 2.62. The van der Waals surface area contributed by atoms with Gasteiger partial charge in [-0.2, -0.15) is 0 Å². The van der Waals surface area contributed by atoms with Crippen molar-refractivity contribution in [2.75, 3.05) is 38.7 Å². The second-order valence-corrected chi connectivity index (χ2v) is 6.19. The number of nitrogens with one attached hydrogen (secondary N) is 1. The highest BCUT2D eigenvalue weighted by Crippen LogP contribution is 2.22. The first kappa shape index (κ1) is 19.8. The van der Waals surface area contributed by atoms with Crippen LogP contribution >= 0.6 is 0 Å². The molecule has 5 nitrogen and oxygen atoms in total. The van der Waals surface area contributed by atoms with Crippen LogP contribution in [0.1, 0.15) is 18.9 Å². The van der Waals surface area contributed by atoms with Crippen molar-refractivity contribution in [3.63, 3.8) is 0 Å². The first-order chi connectivity index (χ1) is 12.6. The zero-order valence-electron chi connectivity index (χ0n) is 15.8. The minimum Gasteiger partial charge on any atom is -0.495 e. The molecule has 0 saturated heterocycles. The molecule has 140 valence electrons. The summed E-state index contributed by atoms with van der Waals surface area (Å²) in [6, 6.07) is 15.4. The largest absolute Gasteiger partial charge is 0.495 e. The van der Waals surface area contributed by atoms with E-state index in [1.54, 1.807) is 7.11 Å². The number of carbonyl (C=O) groups excluding carboxylic acids is 1. The Morgan fingerprint density at radius 2 is 1.92 bits per heavy atom. The molecular weight excluding hydrogens is 328 g/mol. The van der Waals surface area contributed by atoms with Crippen LogP contribution in [0.3, 0.4) is 0 Å². The Morgan fingerprint density at radius 1 is 1.12 bits per heavy atom. The number of hydrogen-bond acceptors (Lipinski definition) is 4. The van der Waals surface area contributed by atoms with Gasteiger partial charge in [-0.15, -0.1) is 0 Å². The van der Waals surface area contributed by atoms with E-state index in [0.717, 1.165) is 18.7 Å². The minimum atomic E-state index is -0.0569. The molecule has 0 heterocycles. The number of aryl methyl sites for hydroxylation is 1. The lowest BCUT2D eigenvalue weighted by Crippen LogP contribution is -2.36. The number of methoxy groups -OCH3 is 1. The third kappa shape index (κ3) is 6.41. The van der Waals surface area contributed by atoms with E-state index in [1.807, 2.05) is 55.5 Å². The molecule has 2 rings (SSSR count). The molecule has 0 unspecified atom stereocenters. The summed E-state index contributed by atoms with van der Waals surface area (Å²) in [4.78, 5) is 14.5. The zero-order chi connectivity index (χ0) is 18.8. The Balaban J connectivity index is 1.85. The number of carbonyl (C=O) groups is 1. The fourth-order valence-corrected chi connectivity index (χ4v) is 2.72. The molecule has 0 aliphatic carbocycles. The van der Waals surface area contributed by atoms with Gasteiger partial charge in [0.15, 0.2) is 0 Å². The lowest BCUT2D eigenvalue weighted by Gasteiger charge is -2.21. The van der Waals surface area contributed by atoms with E-state index >= 15 is 0 Å². The second kappa shape index (κ2) is 10.5. The molecule has 0 aromatic heterocycles. The van der Waals surface area contributed by atoms with Gasteiger partial charge in [0.05, 0.1) is 19.3 Å². The molecule has 1 N–H and O–H groups in total. The standard InChI is InChI=1S/C21H28N2O3/c1-4-12-23(13-14-26-18-9-7-8-17(2)15-18)16-21(24)22-19-10-5-6-11-20(19)25-3/h5-11,15H,4,12-14,16H2,1-3H3,(H,22,24). The fourth-order valence-electron chi connectivity index (χ4n) is 2.72. The molecule has 0 bridgehead atoms. The van der Waals surface area contributed by atoms with Crippen LogP contribution in [-0.4, -0.2) is 44.2 Å². The fraction of sp³-hybridized carbons (Fsp3) is 0.381. The van der Waals surface area contributed by atoms with Gasteiger partial charge in [-0.1, -0.05) is 31.2 Å². The summed E-state index contributed by atoms with van der Waals surface area (Å²) in [5.74, 6) is 1.46. The predicted molar refractivity (Wildman–Crippen MR) is 105 cm³/mol. The molecule has 0 aliphatic heterocycles. The Kier molecular flexibility index (Phi) is 7.96. The summed E-state index contributed by atoms with van der Waals surface area (Å²) < 4.78 is 11.1. The average molecular weight is 356 g/mol. The molecule has 26 heavy (non-hydrogen) atoms. The second-order valence-electron chi connectivity index (χ2n) is 6.19. The van der Waals surface area contributed by atoms with Gasteiger partial charge < -0.3 is 14.8 Å². The van der Waals surface area contributed by atoms with E-state index < -0.39 is 0 Å². The van der Waals surface area contributed by atoms with Crippen LogP contribution < -0.4 is 14.8 Å². The molecule has 0 atom stereocenters. The highest BCUT2D eigenvalue weighted by Gasteiger charge is 2.12. The highest BCUT2D eigenvalue weighted by molar-refractivity contribution is 5.93. The highest BCUT2D eigenvalue weighted by atomic mass is 16.5. The van der Waals surface area contributed by atoms with Crippen molar-refractivity contribution >= 4 is 11.6 Å². The maximum Gasteiger partial charge on any atom is 0.238 e. The van der Waals surface area contributed by atoms with Crippen LogP contribution in [0.4, 0.5) is 5.69 Å². The lowest BCUT2D eigenvalue weighted by atomic mass is 10.2. The van der Waals surface area contributed by atoms with Crippen molar-refractivity contribution in [2.45, 2.75) is 20.3 Å². The van der Waals surface area contributed by atoms with Gasteiger partial charge in [-0.3, -0.25) is 9.69 Å². The molecule has 0 fully saturated rings. The molecule has 1 amide bonds. The first-order valence-corrected chi connectivity index (χ1v) is 8.97. The summed E-state index contributed by atoms with van der Waals surface area (Å²) in [7, 11) is 1.59. The van der Waals surface area contributed by atoms with E-state index in [4.69, 9.17) is 9.47 Å². The SMILES string of the molecule is CCCN(CCOc1cccc(C)c1)CC(=O)Nc1ccccc1OC. The molecule has 0 radical (unpaired) electrons. The zero-order valence-corrected chi connectivity index (χ0v) is 15.8. The Labute approximate surface area is 155 Å². The van der Waals surface area contributed by atoms with Crippen molar-refractivity contribution in [2.24, 2.45) is 0 Å². The van der Waals surface area contributed by atoms with Crippen LogP contribution in [0, 0.1) is 6.92 Å². The molecule has 0 aliphatic rings. The monoisotopic (exact) mass is 356 g/mol. The number of anilines is 1. The lowest BCUT2D eigenvalue weighted by molar-refractivity contribution is -0.117. The van der Waals surface area contributed by atoms with Gasteiger partial charge in [0.2, 0.25) is 5.91 Å². The summed E-state index contributed by atoms with van der Waals surface area (Å²) in [6.45, 7) is 6.55. The summed E-state index contributed by atoms with van der Waals surface area (Å²) in [6.07, 6.45) is 0.979. The smallest absolute Gasteiger partial charge is 0.238 e. The molecule has 2 aromatic carbocycles. The summed E-state index contributed by atoms with van der Waals surface area (Å²) >= 11 is 0. The van der Waals surface area contributed by atoms with E-state index in [1.165, 1.54) is 5.56 Å². The molecule has 0 saturated carbocycles. The minimum absolute atomic E-state index is 0.0569. The molecule has 5 heteroatoms. The van der Waals surface area contributed by atoms with Gasteiger partial charge in [0.1, 0.15) is 18.1 Å². The van der Waals surface area contributed by atoms with Crippen LogP contribution in [0.2, 0.25) is 0 Å². The van der Waals surface area contributed by atoms with Gasteiger partial charge in [-0.05, 0) is 49.7 Å². The quantitative estimate of drug-likeness (QED) is 0.705. The van der Waals surface area contributed by atoms with Crippen LogP contribution in [0.25, 0.3) is 0 Å². The number of amides is 1. The maximum atomic E-state index is 12.4. The number of ether oxygens (including phenoxy) is 2.